The van der Waals surface area contributed by atoms with Gasteiger partial charge in [-0.15, -0.1) is 6.58 Å². The summed E-state index contributed by atoms with van der Waals surface area (Å²) in [6.45, 7) is 5.10. The lowest BCUT2D eigenvalue weighted by Gasteiger charge is -2.09. The lowest BCUT2D eigenvalue weighted by atomic mass is 10.2. The summed E-state index contributed by atoms with van der Waals surface area (Å²) in [4.78, 5) is 9.44. The zero-order valence-electron chi connectivity index (χ0n) is 11.3. The van der Waals surface area contributed by atoms with Gasteiger partial charge in [0.2, 0.25) is 15.8 Å². The van der Waals surface area contributed by atoms with Crippen molar-refractivity contribution in [2.24, 2.45) is 0 Å². The van der Waals surface area contributed by atoms with Gasteiger partial charge in [0, 0.05) is 24.1 Å². The van der Waals surface area contributed by atoms with Crippen LogP contribution >= 0.6 is 11.8 Å². The van der Waals surface area contributed by atoms with Crippen molar-refractivity contribution in [3.05, 3.63) is 46.3 Å². The number of nitro benzene ring substituents is 1. The number of nitrogens with zero attached hydrogens (tertiary/aromatic N) is 1. The predicted octanol–water partition coefficient (Wildman–Crippen LogP) is 2.24. The Morgan fingerprint density at radius 3 is 2.76 bits per heavy atom. The molecule has 1 aromatic carbocycles. The molecule has 0 aromatic heterocycles. The Kier molecular flexibility index (Phi) is 6.31. The minimum absolute atomic E-state index is 0.115. The summed E-state index contributed by atoms with van der Waals surface area (Å²) in [6.07, 6.45) is 1.70. The molecule has 0 aliphatic carbocycles. The first-order valence-electron chi connectivity index (χ1n) is 5.92. The molecule has 0 aliphatic rings. The van der Waals surface area contributed by atoms with E-state index in [2.05, 4.69) is 11.3 Å². The standard InChI is InChI=1S/C12H15FN2O4S2/c1-3-5-20-6-4-14-21(18,19)12-8-11(15(16)17)10(13)7-9(12)2/h3,7-8,14H,1,4-6H2,2H3. The highest BCUT2D eigenvalue weighted by atomic mass is 32.2. The SMILES string of the molecule is C=CCSCCNS(=O)(=O)c1cc([N+](=O)[O-])c(F)cc1C. The molecule has 1 aromatic rings. The van der Waals surface area contributed by atoms with E-state index in [0.717, 1.165) is 12.1 Å². The quantitative estimate of drug-likeness (QED) is 0.341. The van der Waals surface area contributed by atoms with E-state index in [-0.39, 0.29) is 17.0 Å². The molecule has 0 saturated heterocycles. The van der Waals surface area contributed by atoms with Gasteiger partial charge < -0.3 is 0 Å². The number of benzene rings is 1. The van der Waals surface area contributed by atoms with Crippen LogP contribution in [-0.2, 0) is 10.0 Å². The average Bonchev–Trinajstić information content (AvgIpc) is 2.37. The van der Waals surface area contributed by atoms with E-state index in [1.807, 2.05) is 0 Å². The second-order valence-corrected chi connectivity index (χ2v) is 6.97. The Balaban J connectivity index is 2.95. The summed E-state index contributed by atoms with van der Waals surface area (Å²) >= 11 is 1.49. The number of hydrogen-bond donors (Lipinski definition) is 1. The molecule has 9 heteroatoms. The number of sulfonamides is 1. The molecule has 0 amide bonds. The summed E-state index contributed by atoms with van der Waals surface area (Å²) in [5.41, 5.74) is -0.744. The zero-order chi connectivity index (χ0) is 16.0. The molecule has 21 heavy (non-hydrogen) atoms. The molecule has 6 nitrogen and oxygen atoms in total. The molecule has 0 heterocycles. The Morgan fingerprint density at radius 1 is 1.52 bits per heavy atom. The van der Waals surface area contributed by atoms with Gasteiger partial charge in [0.15, 0.2) is 0 Å². The van der Waals surface area contributed by atoms with Crippen molar-refractivity contribution in [2.45, 2.75) is 11.8 Å². The fourth-order valence-electron chi connectivity index (χ4n) is 1.56. The van der Waals surface area contributed by atoms with E-state index < -0.39 is 26.5 Å². The summed E-state index contributed by atoms with van der Waals surface area (Å²) in [6, 6.07) is 1.59. The number of nitro groups is 1. The third-order valence-electron chi connectivity index (χ3n) is 2.50. The predicted molar refractivity (Wildman–Crippen MR) is 80.5 cm³/mol. The van der Waals surface area contributed by atoms with Gasteiger partial charge in [0.25, 0.3) is 0 Å². The summed E-state index contributed by atoms with van der Waals surface area (Å²) < 4.78 is 39.9. The van der Waals surface area contributed by atoms with E-state index in [1.54, 1.807) is 6.08 Å². The Hall–Kier alpha value is -1.45. The van der Waals surface area contributed by atoms with Crippen molar-refractivity contribution in [1.29, 1.82) is 0 Å². The van der Waals surface area contributed by atoms with E-state index in [4.69, 9.17) is 0 Å². The van der Waals surface area contributed by atoms with Crippen LogP contribution in [0.15, 0.2) is 29.7 Å². The number of rotatable bonds is 8. The van der Waals surface area contributed by atoms with Gasteiger partial charge in [-0.05, 0) is 18.6 Å². The number of thioether (sulfide) groups is 1. The first kappa shape index (κ1) is 17.6. The zero-order valence-corrected chi connectivity index (χ0v) is 13.0. The molecular weight excluding hydrogens is 319 g/mol. The van der Waals surface area contributed by atoms with E-state index in [1.165, 1.54) is 18.7 Å². The van der Waals surface area contributed by atoms with Crippen LogP contribution in [0.1, 0.15) is 5.56 Å². The smallest absolute Gasteiger partial charge is 0.258 e. The first-order valence-corrected chi connectivity index (χ1v) is 8.56. The van der Waals surface area contributed by atoms with Crippen LogP contribution in [0.25, 0.3) is 0 Å². The van der Waals surface area contributed by atoms with Crippen molar-refractivity contribution in [3.63, 3.8) is 0 Å². The second kappa shape index (κ2) is 7.53. The average molecular weight is 334 g/mol. The molecule has 116 valence electrons. The molecule has 0 bridgehead atoms. The van der Waals surface area contributed by atoms with Gasteiger partial charge in [-0.2, -0.15) is 16.2 Å². The minimum Gasteiger partial charge on any atom is -0.258 e. The van der Waals surface area contributed by atoms with Gasteiger partial charge in [0.05, 0.1) is 9.82 Å². The monoisotopic (exact) mass is 334 g/mol. The number of halogens is 1. The normalized spacial score (nSPS) is 11.3. The van der Waals surface area contributed by atoms with Crippen LogP contribution in [0.3, 0.4) is 0 Å². The van der Waals surface area contributed by atoms with Crippen molar-refractivity contribution in [1.82, 2.24) is 4.72 Å². The second-order valence-electron chi connectivity index (χ2n) is 4.09. The van der Waals surface area contributed by atoms with Crippen LogP contribution in [-0.4, -0.2) is 31.4 Å². The molecule has 1 N–H and O–H groups in total. The third-order valence-corrected chi connectivity index (χ3v) is 5.07. The fourth-order valence-corrected chi connectivity index (χ4v) is 3.55. The van der Waals surface area contributed by atoms with Crippen LogP contribution in [0.5, 0.6) is 0 Å². The number of nitrogens with one attached hydrogen (secondary N) is 1. The van der Waals surface area contributed by atoms with Gasteiger partial charge in [-0.1, -0.05) is 6.08 Å². The van der Waals surface area contributed by atoms with Crippen LogP contribution in [0, 0.1) is 22.9 Å². The van der Waals surface area contributed by atoms with Crippen LogP contribution in [0.4, 0.5) is 10.1 Å². The highest BCUT2D eigenvalue weighted by molar-refractivity contribution is 7.99. The molecule has 0 atom stereocenters. The largest absolute Gasteiger partial charge is 0.306 e. The Bertz CT molecular complexity index is 647. The third kappa shape index (κ3) is 4.80. The molecule has 0 saturated carbocycles. The molecular formula is C12H15FN2O4S2. The molecule has 1 rings (SSSR count). The van der Waals surface area contributed by atoms with Crippen LogP contribution in [0.2, 0.25) is 0 Å². The van der Waals surface area contributed by atoms with Crippen molar-refractivity contribution >= 4 is 27.5 Å². The summed E-state index contributed by atoms with van der Waals surface area (Å²) in [5.74, 6) is 0.175. The van der Waals surface area contributed by atoms with Crippen molar-refractivity contribution in [2.75, 3.05) is 18.1 Å². The van der Waals surface area contributed by atoms with Gasteiger partial charge in [-0.3, -0.25) is 10.1 Å². The van der Waals surface area contributed by atoms with E-state index in [0.29, 0.717) is 11.5 Å². The summed E-state index contributed by atoms with van der Waals surface area (Å²) in [5, 5.41) is 10.7. The van der Waals surface area contributed by atoms with Gasteiger partial charge in [0.1, 0.15) is 0 Å². The molecule has 0 aliphatic heterocycles. The maximum atomic E-state index is 13.4. The summed E-state index contributed by atoms with van der Waals surface area (Å²) in [7, 11) is -3.91. The lowest BCUT2D eigenvalue weighted by Crippen LogP contribution is -2.27. The number of hydrogen-bond acceptors (Lipinski definition) is 5. The Labute approximate surface area is 126 Å². The molecule has 0 spiro atoms. The highest BCUT2D eigenvalue weighted by Gasteiger charge is 2.23. The first-order chi connectivity index (χ1) is 9.79. The number of aryl methyl sites for hydroxylation is 1. The highest BCUT2D eigenvalue weighted by Crippen LogP contribution is 2.25. The van der Waals surface area contributed by atoms with Crippen LogP contribution < -0.4 is 4.72 Å². The minimum atomic E-state index is -3.91. The topological polar surface area (TPSA) is 89.3 Å². The Morgan fingerprint density at radius 2 is 2.19 bits per heavy atom. The molecule has 0 unspecified atom stereocenters. The van der Waals surface area contributed by atoms with E-state index >= 15 is 0 Å². The molecule has 0 radical (unpaired) electrons. The maximum Gasteiger partial charge on any atom is 0.306 e. The van der Waals surface area contributed by atoms with Crippen molar-refractivity contribution in [3.8, 4) is 0 Å². The lowest BCUT2D eigenvalue weighted by molar-refractivity contribution is -0.387. The van der Waals surface area contributed by atoms with Gasteiger partial charge >= 0.3 is 5.69 Å². The van der Waals surface area contributed by atoms with Gasteiger partial charge in [-0.25, -0.2) is 13.1 Å². The van der Waals surface area contributed by atoms with Crippen molar-refractivity contribution < 1.29 is 17.7 Å². The fraction of sp³-hybridized carbons (Fsp3) is 0.333. The van der Waals surface area contributed by atoms with E-state index in [9.17, 15) is 22.9 Å². The molecule has 0 fully saturated rings. The maximum absolute atomic E-state index is 13.4.